The highest BCUT2D eigenvalue weighted by molar-refractivity contribution is 9.12. The van der Waals surface area contributed by atoms with Gasteiger partial charge in [-0.2, -0.15) is 65.9 Å². The summed E-state index contributed by atoms with van der Waals surface area (Å²) in [4.78, 5) is 72.1. The van der Waals surface area contributed by atoms with Gasteiger partial charge in [0.05, 0.1) is 18.6 Å². The molecule has 0 aliphatic heterocycles. The Morgan fingerprint density at radius 1 is 0.523 bits per heavy atom. The number of nitrogens with zero attached hydrogens (tertiary/aromatic N) is 14. The number of hydrogen-bond donors (Lipinski definition) is 8. The number of carbonyl (C=O) groups is 4. The lowest BCUT2D eigenvalue weighted by Crippen LogP contribution is -2.42. The average molecular weight is 2140 g/mol. The highest BCUT2D eigenvalue weighted by Gasteiger charge is 2.41. The molecule has 6 atom stereocenters. The molecule has 12 N–H and O–H groups in total. The van der Waals surface area contributed by atoms with Crippen LogP contribution in [0.25, 0.3) is 21.7 Å². The Kier molecular flexibility index (Phi) is 44.1. The molecule has 0 saturated heterocycles. The van der Waals surface area contributed by atoms with E-state index in [2.05, 4.69) is 194 Å². The van der Waals surface area contributed by atoms with Gasteiger partial charge < -0.3 is 38.4 Å². The molecule has 107 heavy (non-hydrogen) atoms. The second kappa shape index (κ2) is 47.0. The Morgan fingerprint density at radius 3 is 1.17 bits per heavy atom. The maximum Gasteiger partial charge on any atom is 0.410 e. The fourth-order valence-electron chi connectivity index (χ4n) is 5.47. The van der Waals surface area contributed by atoms with E-state index in [1.54, 1.807) is 45.2 Å². The number of hydrogen-bond acceptors (Lipinski definition) is 28. The summed E-state index contributed by atoms with van der Waals surface area (Å²) in [5.41, 5.74) is 17.3. The Labute approximate surface area is 687 Å². The number of amides is 1. The monoisotopic (exact) mass is 2130 g/mol. The topological polar surface area (TPSA) is 393 Å². The second-order valence-corrected chi connectivity index (χ2v) is 32.1. The quantitative estimate of drug-likeness (QED) is 0.00777. The first kappa shape index (κ1) is 100. The number of nitrogens with two attached hydrogens (primary N) is 4. The van der Waals surface area contributed by atoms with Gasteiger partial charge >= 0.3 is 36.9 Å². The molecule has 56 heteroatoms. The number of rotatable bonds is 13. The number of alkyl halides is 15. The zero-order chi connectivity index (χ0) is 82.4. The number of ketones is 2. The van der Waals surface area contributed by atoms with Crippen LogP contribution in [-0.4, -0.2) is 159 Å². The van der Waals surface area contributed by atoms with Crippen LogP contribution in [0.4, 0.5) is 71.7 Å². The number of nitrogens with one attached hydrogen (secondary N) is 3. The summed E-state index contributed by atoms with van der Waals surface area (Å²) in [6.07, 6.45) is -19.8. The predicted molar refractivity (Wildman–Crippen MR) is 406 cm³/mol. The van der Waals surface area contributed by atoms with E-state index < -0.39 is 67.1 Å². The van der Waals surface area contributed by atoms with Gasteiger partial charge in [0, 0.05) is 37.7 Å². The van der Waals surface area contributed by atoms with Crippen LogP contribution in [0, 0.1) is 0 Å². The van der Waals surface area contributed by atoms with Gasteiger partial charge in [0.25, 0.3) is 5.91 Å². The van der Waals surface area contributed by atoms with Crippen molar-refractivity contribution in [2.75, 3.05) is 5.73 Å². The number of hydrazine groups is 1. The van der Waals surface area contributed by atoms with Gasteiger partial charge in [0.1, 0.15) is 86.8 Å². The molecule has 0 fully saturated rings. The molecule has 9 aromatic heterocycles. The lowest BCUT2D eigenvalue weighted by atomic mass is 10.2. The minimum atomic E-state index is -4.39. The van der Waals surface area contributed by atoms with E-state index in [9.17, 15) is 85.0 Å². The molecule has 594 valence electrons. The SMILES string of the molecule is Brc1csc(Br)n1.CC(=O)CC(C)=O.CC(N)NC(=O)c1nc(Br)cs1.CC(N=C(NN)c1nc(Br)cs1)C(F)(F)F.CC(NC(=S)c1nc(Br)cs1)C(F)(F)F.CC(n1cnnc1-c1nc(Br)cs1)C(F)(F)F.CC(n1cnnc1-c1nc(N)cs1)C(F)(F)F.C[C@H](N)C(F)(F)F.O=C(O)c1nc(Br)cs1. The van der Waals surface area contributed by atoms with Crippen molar-refractivity contribution < 1.29 is 90.1 Å². The number of anilines is 1. The molecule has 9 rings (SSSR count). The number of halogens is 22. The Bertz CT molecular complexity index is 4110. The van der Waals surface area contributed by atoms with Crippen LogP contribution >= 0.6 is 203 Å². The number of aromatic carboxylic acids is 1. The lowest BCUT2D eigenvalue weighted by molar-refractivity contribution is -0.163. The molecule has 0 aliphatic rings. The molecular weight excluding hydrogens is 2090 g/mol. The molecule has 0 bridgehead atoms. The maximum absolute atomic E-state index is 12.6. The third kappa shape index (κ3) is 39.9. The molecule has 0 spiro atoms. The number of carboxylic acids is 1. The largest absolute Gasteiger partial charge is 0.476 e. The summed E-state index contributed by atoms with van der Waals surface area (Å²) in [7, 11) is 0. The summed E-state index contributed by atoms with van der Waals surface area (Å²) < 4.78 is 189. The minimum Gasteiger partial charge on any atom is -0.476 e. The highest BCUT2D eigenvalue weighted by Crippen LogP contribution is 2.36. The molecule has 0 aliphatic carbocycles. The van der Waals surface area contributed by atoms with Crippen molar-refractivity contribution in [1.29, 1.82) is 0 Å². The van der Waals surface area contributed by atoms with Crippen molar-refractivity contribution in [3.63, 3.8) is 0 Å². The van der Waals surface area contributed by atoms with E-state index in [1.807, 2.05) is 5.38 Å². The van der Waals surface area contributed by atoms with Crippen LogP contribution in [0.1, 0.15) is 104 Å². The van der Waals surface area contributed by atoms with Crippen molar-refractivity contribution in [1.82, 2.24) is 80.5 Å². The fourth-order valence-corrected chi connectivity index (χ4v) is 14.1. The van der Waals surface area contributed by atoms with Crippen LogP contribution in [0.15, 0.2) is 86.8 Å². The van der Waals surface area contributed by atoms with Crippen molar-refractivity contribution >= 4 is 243 Å². The van der Waals surface area contributed by atoms with Gasteiger partial charge in [-0.15, -0.1) is 99.8 Å². The number of nitrogen functional groups attached to an aromatic ring is 1. The van der Waals surface area contributed by atoms with E-state index in [4.69, 9.17) is 34.6 Å². The molecule has 0 aromatic carbocycles. The number of thiocarbonyl (C=S) groups is 1. The van der Waals surface area contributed by atoms with Gasteiger partial charge in [-0.1, -0.05) is 12.2 Å². The molecule has 0 saturated carbocycles. The number of amidine groups is 1. The summed E-state index contributed by atoms with van der Waals surface area (Å²) in [5, 5.41) is 41.0. The molecule has 26 nitrogen and oxygen atoms in total. The summed E-state index contributed by atoms with van der Waals surface area (Å²) >= 11 is 35.3. The predicted octanol–water partition coefficient (Wildman–Crippen LogP) is 17.2. The lowest BCUT2D eigenvalue weighted by Gasteiger charge is -2.17. The van der Waals surface area contributed by atoms with Crippen LogP contribution in [0.5, 0.6) is 0 Å². The number of Topliss-reactive ketones (excluding diaryl/α,β-unsaturated/α-hetero) is 2. The van der Waals surface area contributed by atoms with Crippen molar-refractivity contribution in [3.8, 4) is 21.7 Å². The van der Waals surface area contributed by atoms with Crippen LogP contribution in [0.3, 0.4) is 0 Å². The summed E-state index contributed by atoms with van der Waals surface area (Å²) in [6, 6.07) is -8.60. The highest BCUT2D eigenvalue weighted by atomic mass is 79.9. The molecule has 1 amide bonds. The zero-order valence-electron chi connectivity index (χ0n) is 54.6. The van der Waals surface area contributed by atoms with Gasteiger partial charge in [-0.3, -0.25) is 28.5 Å². The normalized spacial score (nSPS) is 13.0. The smallest absolute Gasteiger partial charge is 0.410 e. The first-order chi connectivity index (χ1) is 49.1. The van der Waals surface area contributed by atoms with Crippen LogP contribution < -0.4 is 39.1 Å². The van der Waals surface area contributed by atoms with E-state index in [-0.39, 0.29) is 63.4 Å². The molecule has 0 radical (unpaired) electrons. The third-order valence-electron chi connectivity index (χ3n) is 10.6. The Morgan fingerprint density at radius 2 is 0.897 bits per heavy atom. The van der Waals surface area contributed by atoms with E-state index in [0.717, 1.165) is 98.9 Å². The van der Waals surface area contributed by atoms with Gasteiger partial charge in [0.15, 0.2) is 46.4 Å². The van der Waals surface area contributed by atoms with Crippen molar-refractivity contribution in [3.05, 3.63) is 102 Å². The first-order valence-corrected chi connectivity index (χ1v) is 39.8. The van der Waals surface area contributed by atoms with Crippen LogP contribution in [0.2, 0.25) is 0 Å². The maximum atomic E-state index is 12.6. The number of thiazole rings is 7. The van der Waals surface area contributed by atoms with E-state index >= 15 is 0 Å². The first-order valence-electron chi connectivity index (χ1n) is 27.6. The van der Waals surface area contributed by atoms with Crippen LogP contribution in [-0.2, 0) is 9.59 Å². The Balaban J connectivity index is 0.000000614. The van der Waals surface area contributed by atoms with Gasteiger partial charge in [-0.05, 0) is 167 Å². The van der Waals surface area contributed by atoms with Crippen molar-refractivity contribution in [2.24, 2.45) is 22.3 Å². The minimum absolute atomic E-state index is 0.00975. The van der Waals surface area contributed by atoms with E-state index in [1.165, 1.54) is 53.2 Å². The summed E-state index contributed by atoms with van der Waals surface area (Å²) in [5.74, 6) is 4.12. The number of carboxylic acid groups (broad SMARTS) is 1. The number of aliphatic imine (C=N–C) groups is 1. The molecule has 5 unspecified atom stereocenters. The molecular formula is C51H53Br7F15N21O5S8. The third-order valence-corrected chi connectivity index (χ3v) is 21.7. The standard InChI is InChI=1S/C8H6BrF3N4S.C8H8F3N5S.C7H8BrF3N4S.C7H6BrF3N2S2.C6H8BrN3OS.C5H8O2.C4H2BrNO2S.C3HBr2NS.C3H6F3N/c1-4(8(10,11)12)16-3-13-15-6(16)7-14-5(9)2-17-7;1-4(8(9,10)11)16-3-13-15-6(16)7-14-5(12)2-17-7;1-3(7(9,10)11)13-5(15-12)6-14-4(8)2-16-6;1-3(7(9,10)11)12-5(14)6-13-4(8)2-15-6;1-3(8)9-5(11)6-10-4(7)2-12-6;1-4(6)3-5(2)7;5-2-1-9-3(6-2)4(7)8;4-2-1-7-3(5)6-2;1-2(7)3(4,5)6/h2-4H,1H3;2-4H,12H2,1H3;2-3H,12H2,1H3,(H,13,15);2-3H,1H3,(H,12,14);2-3H,8H2,1H3,(H,9,11);3H2,1-2H3;1H,(H,7,8);1H;2H,7H2,1H3/t;;;;;;;;2-/m........0/s1. The van der Waals surface area contributed by atoms with Gasteiger partial charge in [0.2, 0.25) is 5.01 Å². The molecule has 9 aromatic rings. The van der Waals surface area contributed by atoms with Crippen molar-refractivity contribution in [2.45, 2.75) is 129 Å². The number of carbonyl (C=O) groups excluding carboxylic acids is 3. The van der Waals surface area contributed by atoms with Gasteiger partial charge in [-0.25, -0.2) is 45.5 Å². The fraction of sp³-hybridized carbons (Fsp3) is 0.392. The molecule has 9 heterocycles. The zero-order valence-corrected chi connectivity index (χ0v) is 72.2. The average Bonchev–Trinajstić information content (AvgIpc) is 1.69. The second-order valence-electron chi connectivity index (χ2n) is 19.5. The Hall–Kier alpha value is -4.68. The summed E-state index contributed by atoms with van der Waals surface area (Å²) in [6.45, 7) is 9.44. The van der Waals surface area contributed by atoms with E-state index in [0.29, 0.717) is 48.1 Å². The number of aromatic nitrogens is 13.